The summed E-state index contributed by atoms with van der Waals surface area (Å²) < 4.78 is 12.8. The fraction of sp³-hybridized carbons (Fsp3) is 0.385. The number of nitrogens with two attached hydrogens (primary N) is 1. The van der Waals surface area contributed by atoms with E-state index in [4.69, 9.17) is 15.2 Å². The summed E-state index contributed by atoms with van der Waals surface area (Å²) in [7, 11) is 3.49. The molecule has 0 radical (unpaired) electrons. The Morgan fingerprint density at radius 3 is 2.79 bits per heavy atom. The highest BCUT2D eigenvalue weighted by Gasteiger charge is 2.11. The first-order chi connectivity index (χ1) is 9.11. The van der Waals surface area contributed by atoms with Crippen LogP contribution < -0.4 is 15.2 Å². The Balaban J connectivity index is 2.20. The highest BCUT2D eigenvalue weighted by molar-refractivity contribution is 5.42. The zero-order valence-electron chi connectivity index (χ0n) is 11.3. The molecule has 1 aromatic heterocycles. The summed E-state index contributed by atoms with van der Waals surface area (Å²) in [6.45, 7) is 2.25. The van der Waals surface area contributed by atoms with Crippen molar-refractivity contribution < 1.29 is 9.47 Å². The van der Waals surface area contributed by atoms with Crippen LogP contribution in [0.1, 0.15) is 24.4 Å². The number of hydrogen-bond donors (Lipinski definition) is 1. The van der Waals surface area contributed by atoms with Crippen molar-refractivity contribution in [3.8, 4) is 11.5 Å². The monoisotopic (exact) mass is 262 g/mol. The molecule has 0 fully saturated rings. The molecule has 102 valence electrons. The van der Waals surface area contributed by atoms with Gasteiger partial charge >= 0.3 is 0 Å². The van der Waals surface area contributed by atoms with Crippen LogP contribution in [0.25, 0.3) is 0 Å². The topological polar surface area (TPSA) is 75.2 Å². The normalized spacial score (nSPS) is 12.2. The molecule has 0 unspecified atom stereocenters. The van der Waals surface area contributed by atoms with Crippen LogP contribution in [0.4, 0.5) is 0 Å². The van der Waals surface area contributed by atoms with Gasteiger partial charge in [-0.2, -0.15) is 0 Å². The summed E-state index contributed by atoms with van der Waals surface area (Å²) in [6.07, 6.45) is 1.64. The minimum Gasteiger partial charge on any atom is -0.497 e. The van der Waals surface area contributed by atoms with Crippen LogP contribution >= 0.6 is 0 Å². The molecule has 0 aliphatic carbocycles. The maximum absolute atomic E-state index is 5.93. The number of hydrogen-bond acceptors (Lipinski definition) is 5. The average molecular weight is 262 g/mol. The van der Waals surface area contributed by atoms with Gasteiger partial charge in [-0.1, -0.05) is 6.07 Å². The van der Waals surface area contributed by atoms with Crippen molar-refractivity contribution in [1.29, 1.82) is 0 Å². The first-order valence-corrected chi connectivity index (χ1v) is 6.01. The molecule has 2 rings (SSSR count). The van der Waals surface area contributed by atoms with Gasteiger partial charge in [-0.05, 0) is 13.0 Å². The Labute approximate surface area is 112 Å². The lowest BCUT2D eigenvalue weighted by molar-refractivity contribution is 0.285. The van der Waals surface area contributed by atoms with Gasteiger partial charge in [0.25, 0.3) is 0 Å². The molecule has 0 saturated heterocycles. The molecule has 0 aliphatic heterocycles. The van der Waals surface area contributed by atoms with Gasteiger partial charge in [-0.15, -0.1) is 10.2 Å². The van der Waals surface area contributed by atoms with Crippen molar-refractivity contribution in [3.63, 3.8) is 0 Å². The Morgan fingerprint density at radius 2 is 2.21 bits per heavy atom. The average Bonchev–Trinajstić information content (AvgIpc) is 2.81. The zero-order valence-corrected chi connectivity index (χ0v) is 11.3. The van der Waals surface area contributed by atoms with Crippen LogP contribution in [-0.4, -0.2) is 21.9 Å². The van der Waals surface area contributed by atoms with Gasteiger partial charge < -0.3 is 19.8 Å². The summed E-state index contributed by atoms with van der Waals surface area (Å²) in [5.74, 6) is 2.19. The molecule has 1 atom stereocenters. The summed E-state index contributed by atoms with van der Waals surface area (Å²) in [5, 5.41) is 7.78. The smallest absolute Gasteiger partial charge is 0.170 e. The molecule has 0 spiro atoms. The summed E-state index contributed by atoms with van der Waals surface area (Å²) >= 11 is 0. The molecular formula is C13H18N4O2. The van der Waals surface area contributed by atoms with Gasteiger partial charge in [-0.3, -0.25) is 0 Å². The van der Waals surface area contributed by atoms with E-state index in [9.17, 15) is 0 Å². The summed E-state index contributed by atoms with van der Waals surface area (Å²) in [5.41, 5.74) is 6.86. The van der Waals surface area contributed by atoms with Gasteiger partial charge in [-0.25, -0.2) is 0 Å². The number of methoxy groups -OCH3 is 1. The number of nitrogens with zero attached hydrogens (tertiary/aromatic N) is 3. The van der Waals surface area contributed by atoms with Crippen molar-refractivity contribution in [2.75, 3.05) is 7.11 Å². The molecule has 2 aromatic rings. The Morgan fingerprint density at radius 1 is 1.42 bits per heavy atom. The first-order valence-electron chi connectivity index (χ1n) is 6.01. The minimum atomic E-state index is -0.111. The van der Waals surface area contributed by atoms with E-state index in [1.54, 1.807) is 13.4 Å². The predicted molar refractivity (Wildman–Crippen MR) is 70.9 cm³/mol. The fourth-order valence-corrected chi connectivity index (χ4v) is 1.72. The first kappa shape index (κ1) is 13.4. The highest BCUT2D eigenvalue weighted by atomic mass is 16.5. The van der Waals surface area contributed by atoms with Crippen molar-refractivity contribution in [3.05, 3.63) is 35.9 Å². The van der Waals surface area contributed by atoms with Crippen LogP contribution in [0.15, 0.2) is 24.5 Å². The van der Waals surface area contributed by atoms with E-state index >= 15 is 0 Å². The van der Waals surface area contributed by atoms with Gasteiger partial charge in [0, 0.05) is 24.7 Å². The highest BCUT2D eigenvalue weighted by Crippen LogP contribution is 2.29. The van der Waals surface area contributed by atoms with Crippen molar-refractivity contribution >= 4 is 0 Å². The number of rotatable bonds is 5. The molecule has 19 heavy (non-hydrogen) atoms. The Hall–Kier alpha value is -2.08. The molecule has 0 bridgehead atoms. The van der Waals surface area contributed by atoms with Crippen LogP contribution in [0, 0.1) is 0 Å². The quantitative estimate of drug-likeness (QED) is 0.882. The zero-order chi connectivity index (χ0) is 13.8. The molecule has 0 saturated carbocycles. The van der Waals surface area contributed by atoms with Crippen LogP contribution in [0.2, 0.25) is 0 Å². The van der Waals surface area contributed by atoms with Gasteiger partial charge in [0.15, 0.2) is 5.82 Å². The number of aromatic nitrogens is 3. The molecule has 2 N–H and O–H groups in total. The summed E-state index contributed by atoms with van der Waals surface area (Å²) in [4.78, 5) is 0. The second-order valence-corrected chi connectivity index (χ2v) is 4.34. The minimum absolute atomic E-state index is 0.111. The lowest BCUT2D eigenvalue weighted by Crippen LogP contribution is -2.09. The number of ether oxygens (including phenoxy) is 2. The lowest BCUT2D eigenvalue weighted by atomic mass is 10.1. The molecule has 6 nitrogen and oxygen atoms in total. The van der Waals surface area contributed by atoms with Crippen molar-refractivity contribution in [2.24, 2.45) is 12.8 Å². The van der Waals surface area contributed by atoms with Gasteiger partial charge in [0.2, 0.25) is 0 Å². The SMILES string of the molecule is COc1ccc([C@@H](C)N)c(OCc2nncn2C)c1. The van der Waals surface area contributed by atoms with Crippen LogP contribution in [0.3, 0.4) is 0 Å². The maximum atomic E-state index is 5.93. The van der Waals surface area contributed by atoms with E-state index in [1.807, 2.05) is 36.7 Å². The molecule has 1 aromatic carbocycles. The molecule has 0 aliphatic rings. The maximum Gasteiger partial charge on any atom is 0.170 e. The van der Waals surface area contributed by atoms with E-state index in [2.05, 4.69) is 10.2 Å². The van der Waals surface area contributed by atoms with Crippen molar-refractivity contribution in [1.82, 2.24) is 14.8 Å². The van der Waals surface area contributed by atoms with E-state index in [0.717, 1.165) is 17.1 Å². The third kappa shape index (κ3) is 3.03. The van der Waals surface area contributed by atoms with Gasteiger partial charge in [0.1, 0.15) is 24.4 Å². The van der Waals surface area contributed by atoms with Gasteiger partial charge in [0.05, 0.1) is 7.11 Å². The summed E-state index contributed by atoms with van der Waals surface area (Å²) in [6, 6.07) is 5.50. The van der Waals surface area contributed by atoms with Crippen LogP contribution in [0.5, 0.6) is 11.5 Å². The van der Waals surface area contributed by atoms with Crippen molar-refractivity contribution in [2.45, 2.75) is 19.6 Å². The lowest BCUT2D eigenvalue weighted by Gasteiger charge is -2.15. The number of benzene rings is 1. The standard InChI is InChI=1S/C13H18N4O2/c1-9(14)11-5-4-10(18-3)6-12(11)19-7-13-16-15-8-17(13)2/h4-6,8-9H,7,14H2,1-3H3/t9-/m1/s1. The Kier molecular flexibility index (Phi) is 4.01. The molecular weight excluding hydrogens is 244 g/mol. The third-order valence-corrected chi connectivity index (χ3v) is 2.87. The van der Waals surface area contributed by atoms with Crippen LogP contribution in [-0.2, 0) is 13.7 Å². The molecule has 6 heteroatoms. The second-order valence-electron chi connectivity index (χ2n) is 4.34. The van der Waals surface area contributed by atoms with E-state index < -0.39 is 0 Å². The van der Waals surface area contributed by atoms with E-state index in [1.165, 1.54) is 0 Å². The fourth-order valence-electron chi connectivity index (χ4n) is 1.72. The predicted octanol–water partition coefficient (Wildman–Crippen LogP) is 1.42. The van der Waals surface area contributed by atoms with E-state index in [-0.39, 0.29) is 6.04 Å². The number of aryl methyl sites for hydroxylation is 1. The Bertz CT molecular complexity index is 551. The van der Waals surface area contributed by atoms with E-state index in [0.29, 0.717) is 12.4 Å². The molecule has 0 amide bonds. The second kappa shape index (κ2) is 5.71. The largest absolute Gasteiger partial charge is 0.497 e. The third-order valence-electron chi connectivity index (χ3n) is 2.87. The molecule has 1 heterocycles.